The van der Waals surface area contributed by atoms with Crippen LogP contribution in [-0.2, 0) is 6.42 Å². The van der Waals surface area contributed by atoms with E-state index in [1.54, 1.807) is 0 Å². The van der Waals surface area contributed by atoms with E-state index in [-0.39, 0.29) is 12.1 Å². The summed E-state index contributed by atoms with van der Waals surface area (Å²) in [6.45, 7) is 2.48. The van der Waals surface area contributed by atoms with E-state index >= 15 is 0 Å². The summed E-state index contributed by atoms with van der Waals surface area (Å²) >= 11 is 3.47. The smallest absolute Gasteiger partial charge is 0.137 e. The lowest BCUT2D eigenvalue weighted by atomic mass is 10.1. The van der Waals surface area contributed by atoms with Crippen molar-refractivity contribution in [2.75, 3.05) is 6.61 Å². The molecule has 0 spiro atoms. The molecule has 0 aromatic heterocycles. The van der Waals surface area contributed by atoms with Crippen molar-refractivity contribution in [1.29, 1.82) is 0 Å². The summed E-state index contributed by atoms with van der Waals surface area (Å²) in [5.74, 6) is 1.78. The maximum absolute atomic E-state index is 5.99. The van der Waals surface area contributed by atoms with Crippen LogP contribution in [0.5, 0.6) is 11.5 Å². The zero-order valence-electron chi connectivity index (χ0n) is 11.9. The quantitative estimate of drug-likeness (QED) is 0.913. The topological polar surface area (TPSA) is 44.5 Å². The molecule has 0 saturated heterocycles. The number of benzene rings is 2. The van der Waals surface area contributed by atoms with E-state index in [1.807, 2.05) is 43.3 Å². The van der Waals surface area contributed by atoms with E-state index in [4.69, 9.17) is 15.2 Å². The number of rotatable bonds is 4. The zero-order valence-corrected chi connectivity index (χ0v) is 13.5. The third-order valence-corrected chi connectivity index (χ3v) is 4.10. The van der Waals surface area contributed by atoms with Crippen molar-refractivity contribution < 1.29 is 9.47 Å². The van der Waals surface area contributed by atoms with Gasteiger partial charge in [-0.2, -0.15) is 0 Å². The largest absolute Gasteiger partial charge is 0.489 e. The van der Waals surface area contributed by atoms with Crippen LogP contribution in [0.25, 0.3) is 0 Å². The van der Waals surface area contributed by atoms with Crippen molar-refractivity contribution in [1.82, 2.24) is 0 Å². The van der Waals surface area contributed by atoms with Crippen LogP contribution in [0.3, 0.4) is 0 Å². The average molecular weight is 348 g/mol. The molecule has 0 amide bonds. The third kappa shape index (κ3) is 3.22. The molecule has 1 aliphatic rings. The highest BCUT2D eigenvalue weighted by Crippen LogP contribution is 2.31. The highest BCUT2D eigenvalue weighted by Gasteiger charge is 2.23. The average Bonchev–Trinajstić information content (AvgIpc) is 2.87. The van der Waals surface area contributed by atoms with Crippen molar-refractivity contribution in [3.8, 4) is 11.5 Å². The van der Waals surface area contributed by atoms with Gasteiger partial charge in [0.2, 0.25) is 0 Å². The predicted octanol–water partition coefficient (Wildman–Crippen LogP) is 3.85. The van der Waals surface area contributed by atoms with Crippen molar-refractivity contribution in [2.45, 2.75) is 25.5 Å². The van der Waals surface area contributed by atoms with Crippen LogP contribution in [0.15, 0.2) is 46.9 Å². The first-order chi connectivity index (χ1) is 10.1. The normalized spacial score (nSPS) is 18.0. The number of para-hydroxylation sites is 1. The van der Waals surface area contributed by atoms with Gasteiger partial charge in [-0.1, -0.05) is 40.2 Å². The Kier molecular flexibility index (Phi) is 4.17. The van der Waals surface area contributed by atoms with E-state index in [2.05, 4.69) is 22.0 Å². The van der Waals surface area contributed by atoms with Gasteiger partial charge in [0.25, 0.3) is 0 Å². The lowest BCUT2D eigenvalue weighted by molar-refractivity contribution is 0.147. The maximum Gasteiger partial charge on any atom is 0.137 e. The molecule has 2 unspecified atom stereocenters. The van der Waals surface area contributed by atoms with Crippen LogP contribution >= 0.6 is 15.9 Å². The van der Waals surface area contributed by atoms with Gasteiger partial charge in [0.1, 0.15) is 24.2 Å². The van der Waals surface area contributed by atoms with E-state index < -0.39 is 0 Å². The molecule has 3 rings (SSSR count). The van der Waals surface area contributed by atoms with E-state index in [0.29, 0.717) is 6.61 Å². The van der Waals surface area contributed by atoms with Crippen LogP contribution in [0.4, 0.5) is 0 Å². The Morgan fingerprint density at radius 2 is 2.14 bits per heavy atom. The Balaban J connectivity index is 1.68. The molecule has 2 atom stereocenters. The number of fused-ring (bicyclic) bond motifs is 1. The molecule has 21 heavy (non-hydrogen) atoms. The number of hydrogen-bond donors (Lipinski definition) is 1. The van der Waals surface area contributed by atoms with Crippen LogP contribution < -0.4 is 15.2 Å². The van der Waals surface area contributed by atoms with Gasteiger partial charge >= 0.3 is 0 Å². The van der Waals surface area contributed by atoms with E-state index in [9.17, 15) is 0 Å². The first-order valence-electron chi connectivity index (χ1n) is 7.06. The Morgan fingerprint density at radius 1 is 1.33 bits per heavy atom. The van der Waals surface area contributed by atoms with Crippen LogP contribution in [0.2, 0.25) is 0 Å². The summed E-state index contributed by atoms with van der Waals surface area (Å²) in [5, 5.41) is 0. The molecule has 0 radical (unpaired) electrons. The number of hydrogen-bond acceptors (Lipinski definition) is 3. The van der Waals surface area contributed by atoms with Gasteiger partial charge in [-0.05, 0) is 30.7 Å². The molecule has 2 aromatic rings. The Hall–Kier alpha value is -1.52. The Bertz CT molecular complexity index is 617. The molecule has 3 nitrogen and oxygen atoms in total. The molecule has 2 aromatic carbocycles. The fraction of sp³-hybridized carbons (Fsp3) is 0.294. The van der Waals surface area contributed by atoms with Crippen LogP contribution in [0, 0.1) is 0 Å². The molecule has 4 heteroatoms. The molecule has 0 saturated carbocycles. The lowest BCUT2D eigenvalue weighted by Gasteiger charge is -2.17. The molecule has 2 N–H and O–H groups in total. The molecule has 1 heterocycles. The van der Waals surface area contributed by atoms with Crippen LogP contribution in [0.1, 0.15) is 24.1 Å². The molecule has 0 aliphatic carbocycles. The minimum Gasteiger partial charge on any atom is -0.489 e. The third-order valence-electron chi connectivity index (χ3n) is 3.60. The number of halogens is 1. The fourth-order valence-corrected chi connectivity index (χ4v) is 2.88. The zero-order chi connectivity index (χ0) is 14.8. The Morgan fingerprint density at radius 3 is 2.90 bits per heavy atom. The number of nitrogens with two attached hydrogens (primary N) is 1. The van der Waals surface area contributed by atoms with Gasteiger partial charge in [-0.25, -0.2) is 0 Å². The summed E-state index contributed by atoms with van der Waals surface area (Å²) in [4.78, 5) is 0. The van der Waals surface area contributed by atoms with Gasteiger partial charge in [0, 0.05) is 22.5 Å². The first-order valence-corrected chi connectivity index (χ1v) is 7.85. The monoisotopic (exact) mass is 347 g/mol. The fourth-order valence-electron chi connectivity index (χ4n) is 2.54. The standard InChI is InChI=1S/C17H18BrNO2/c1-11(19)15-7-6-13(18)9-17(15)20-10-14-8-12-4-2-3-5-16(12)21-14/h2-7,9,11,14H,8,10,19H2,1H3. The van der Waals surface area contributed by atoms with Crippen molar-refractivity contribution in [2.24, 2.45) is 5.73 Å². The number of ether oxygens (including phenoxy) is 2. The van der Waals surface area contributed by atoms with Gasteiger partial charge in [-0.3, -0.25) is 0 Å². The summed E-state index contributed by atoms with van der Waals surface area (Å²) in [5.41, 5.74) is 8.24. The molecule has 0 fully saturated rings. The van der Waals surface area contributed by atoms with Crippen LogP contribution in [-0.4, -0.2) is 12.7 Å². The second-order valence-electron chi connectivity index (χ2n) is 5.33. The van der Waals surface area contributed by atoms with Gasteiger partial charge < -0.3 is 15.2 Å². The predicted molar refractivity (Wildman–Crippen MR) is 86.8 cm³/mol. The summed E-state index contributed by atoms with van der Waals surface area (Å²) in [6.07, 6.45) is 0.944. The molecule has 0 bridgehead atoms. The molecule has 110 valence electrons. The summed E-state index contributed by atoms with van der Waals surface area (Å²) < 4.78 is 12.8. The van der Waals surface area contributed by atoms with E-state index in [1.165, 1.54) is 5.56 Å². The first kappa shape index (κ1) is 14.4. The maximum atomic E-state index is 5.99. The molecular formula is C17H18BrNO2. The molecular weight excluding hydrogens is 330 g/mol. The van der Waals surface area contributed by atoms with Gasteiger partial charge in [0.05, 0.1) is 0 Å². The minimum absolute atomic E-state index is 0.0577. The Labute approximate surface area is 133 Å². The summed E-state index contributed by atoms with van der Waals surface area (Å²) in [6, 6.07) is 14.0. The van der Waals surface area contributed by atoms with Crippen molar-refractivity contribution in [3.63, 3.8) is 0 Å². The highest BCUT2D eigenvalue weighted by atomic mass is 79.9. The van der Waals surface area contributed by atoms with Gasteiger partial charge in [0.15, 0.2) is 0 Å². The van der Waals surface area contributed by atoms with Crippen molar-refractivity contribution >= 4 is 15.9 Å². The highest BCUT2D eigenvalue weighted by molar-refractivity contribution is 9.10. The van der Waals surface area contributed by atoms with E-state index in [0.717, 1.165) is 28.0 Å². The second-order valence-corrected chi connectivity index (χ2v) is 6.25. The SMILES string of the molecule is CC(N)c1ccc(Br)cc1OCC1Cc2ccccc2O1. The minimum atomic E-state index is -0.0604. The lowest BCUT2D eigenvalue weighted by Crippen LogP contribution is -2.23. The van der Waals surface area contributed by atoms with Gasteiger partial charge in [-0.15, -0.1) is 0 Å². The summed E-state index contributed by atoms with van der Waals surface area (Å²) in [7, 11) is 0. The molecule has 1 aliphatic heterocycles. The second kappa shape index (κ2) is 6.08. The van der Waals surface area contributed by atoms with Crippen molar-refractivity contribution in [3.05, 3.63) is 58.1 Å².